The van der Waals surface area contributed by atoms with Crippen LogP contribution in [0.1, 0.15) is 6.92 Å². The molecule has 1 aromatic heterocycles. The largest absolute Gasteiger partial charge is 0.339 e. The van der Waals surface area contributed by atoms with E-state index in [1.807, 2.05) is 24.3 Å². The van der Waals surface area contributed by atoms with E-state index in [2.05, 4.69) is 31.1 Å². The van der Waals surface area contributed by atoms with Crippen LogP contribution in [0.3, 0.4) is 0 Å². The molecule has 0 aliphatic heterocycles. The molecule has 0 unspecified atom stereocenters. The van der Waals surface area contributed by atoms with Crippen molar-refractivity contribution in [3.8, 4) is 0 Å². The van der Waals surface area contributed by atoms with Crippen LogP contribution in [0.25, 0.3) is 0 Å². The summed E-state index contributed by atoms with van der Waals surface area (Å²) >= 11 is 5.86. The zero-order chi connectivity index (χ0) is 17.6. The van der Waals surface area contributed by atoms with E-state index in [0.717, 1.165) is 17.1 Å². The van der Waals surface area contributed by atoms with Gasteiger partial charge in [-0.2, -0.15) is 10.1 Å². The highest BCUT2D eigenvalue weighted by molar-refractivity contribution is 6.30. The molecule has 0 fully saturated rings. The van der Waals surface area contributed by atoms with Gasteiger partial charge in [0, 0.05) is 29.0 Å². The van der Waals surface area contributed by atoms with Gasteiger partial charge in [0.05, 0.1) is 6.20 Å². The fourth-order valence-electron chi connectivity index (χ4n) is 2.07. The number of amides is 1. The van der Waals surface area contributed by atoms with Gasteiger partial charge in [-0.05, 0) is 48.5 Å². The van der Waals surface area contributed by atoms with Crippen molar-refractivity contribution in [2.75, 3.05) is 16.0 Å². The number of hydrogen-bond donors (Lipinski definition) is 3. The van der Waals surface area contributed by atoms with Crippen LogP contribution in [0.4, 0.5) is 28.8 Å². The number of anilines is 5. The fraction of sp³-hybridized carbons (Fsp3) is 0.0588. The first-order valence-electron chi connectivity index (χ1n) is 7.45. The number of nitrogens with zero attached hydrogens (tertiary/aromatic N) is 3. The standard InChI is InChI=1S/C17H15ClN6O/c1-11(25)20-13-6-8-14(9-7-13)21-16-10-19-24-17(23-16)22-15-4-2-12(18)3-5-15/h2-10H,1H3,(H,20,25)(H2,21,22,23,24). The molecule has 7 nitrogen and oxygen atoms in total. The maximum absolute atomic E-state index is 11.0. The highest BCUT2D eigenvalue weighted by Gasteiger charge is 2.03. The molecule has 0 atom stereocenters. The minimum Gasteiger partial charge on any atom is -0.339 e. The van der Waals surface area contributed by atoms with Crippen LogP contribution in [0.15, 0.2) is 54.7 Å². The molecule has 126 valence electrons. The summed E-state index contributed by atoms with van der Waals surface area (Å²) in [6, 6.07) is 14.5. The Hall–Kier alpha value is -3.19. The SMILES string of the molecule is CC(=O)Nc1ccc(Nc2cnnc(Nc3ccc(Cl)cc3)n2)cc1. The van der Waals surface area contributed by atoms with Crippen molar-refractivity contribution >= 4 is 46.3 Å². The minimum absolute atomic E-state index is 0.112. The van der Waals surface area contributed by atoms with Crippen LogP contribution < -0.4 is 16.0 Å². The Balaban J connectivity index is 1.68. The number of aromatic nitrogens is 3. The number of carbonyl (C=O) groups excluding carboxylic acids is 1. The summed E-state index contributed by atoms with van der Waals surface area (Å²) in [4.78, 5) is 15.4. The average molecular weight is 355 g/mol. The van der Waals surface area contributed by atoms with Gasteiger partial charge in [-0.25, -0.2) is 0 Å². The molecule has 25 heavy (non-hydrogen) atoms. The van der Waals surface area contributed by atoms with E-state index in [-0.39, 0.29) is 5.91 Å². The summed E-state index contributed by atoms with van der Waals surface area (Å²) in [5.74, 6) is 0.791. The van der Waals surface area contributed by atoms with Crippen LogP contribution in [0, 0.1) is 0 Å². The van der Waals surface area contributed by atoms with E-state index in [1.54, 1.807) is 24.3 Å². The van der Waals surface area contributed by atoms with Gasteiger partial charge in [-0.15, -0.1) is 5.10 Å². The third-order valence-electron chi connectivity index (χ3n) is 3.14. The van der Waals surface area contributed by atoms with Crippen molar-refractivity contribution in [1.29, 1.82) is 0 Å². The number of benzene rings is 2. The molecule has 3 N–H and O–H groups in total. The summed E-state index contributed by atoms with van der Waals surface area (Å²) < 4.78 is 0. The van der Waals surface area contributed by atoms with Crippen LogP contribution in [-0.2, 0) is 4.79 Å². The maximum atomic E-state index is 11.0. The van der Waals surface area contributed by atoms with E-state index >= 15 is 0 Å². The number of carbonyl (C=O) groups is 1. The summed E-state index contributed by atoms with van der Waals surface area (Å²) in [6.45, 7) is 1.47. The van der Waals surface area contributed by atoms with E-state index in [9.17, 15) is 4.79 Å². The van der Waals surface area contributed by atoms with Gasteiger partial charge in [0.15, 0.2) is 5.82 Å². The first-order valence-corrected chi connectivity index (χ1v) is 7.83. The Morgan fingerprint density at radius 2 is 1.52 bits per heavy atom. The van der Waals surface area contributed by atoms with Crippen molar-refractivity contribution in [3.05, 3.63) is 59.8 Å². The lowest BCUT2D eigenvalue weighted by molar-refractivity contribution is -0.114. The molecule has 1 amide bonds. The minimum atomic E-state index is -0.112. The molecular formula is C17H15ClN6O. The molecule has 3 aromatic rings. The van der Waals surface area contributed by atoms with Crippen LogP contribution >= 0.6 is 11.6 Å². The lowest BCUT2D eigenvalue weighted by atomic mass is 10.3. The van der Waals surface area contributed by atoms with Crippen molar-refractivity contribution in [2.24, 2.45) is 0 Å². The molecule has 0 radical (unpaired) electrons. The topological polar surface area (TPSA) is 91.8 Å². The predicted molar refractivity (Wildman–Crippen MR) is 98.6 cm³/mol. The van der Waals surface area contributed by atoms with E-state index < -0.39 is 0 Å². The van der Waals surface area contributed by atoms with Gasteiger partial charge in [-0.3, -0.25) is 4.79 Å². The third kappa shape index (κ3) is 4.89. The molecule has 3 rings (SSSR count). The summed E-state index contributed by atoms with van der Waals surface area (Å²) in [5, 5.41) is 17.4. The maximum Gasteiger partial charge on any atom is 0.249 e. The van der Waals surface area contributed by atoms with E-state index in [4.69, 9.17) is 11.6 Å². The Kier molecular flexibility index (Phi) is 5.06. The molecule has 8 heteroatoms. The Bertz CT molecular complexity index is 867. The normalized spacial score (nSPS) is 10.2. The second-order valence-corrected chi connectivity index (χ2v) is 5.62. The van der Waals surface area contributed by atoms with Gasteiger partial charge >= 0.3 is 0 Å². The molecule has 0 bridgehead atoms. The molecule has 0 saturated carbocycles. The van der Waals surface area contributed by atoms with Crippen molar-refractivity contribution in [2.45, 2.75) is 6.92 Å². The number of halogens is 1. The molecule has 1 heterocycles. The van der Waals surface area contributed by atoms with Crippen LogP contribution in [-0.4, -0.2) is 21.1 Å². The molecule has 0 saturated heterocycles. The number of hydrogen-bond acceptors (Lipinski definition) is 6. The summed E-state index contributed by atoms with van der Waals surface area (Å²) in [5.41, 5.74) is 2.35. The highest BCUT2D eigenvalue weighted by atomic mass is 35.5. The zero-order valence-electron chi connectivity index (χ0n) is 13.3. The molecule has 0 aliphatic rings. The lowest BCUT2D eigenvalue weighted by Gasteiger charge is -2.08. The monoisotopic (exact) mass is 354 g/mol. The second-order valence-electron chi connectivity index (χ2n) is 5.18. The highest BCUT2D eigenvalue weighted by Crippen LogP contribution is 2.19. The number of rotatable bonds is 5. The van der Waals surface area contributed by atoms with Crippen LogP contribution in [0.5, 0.6) is 0 Å². The molecule has 2 aromatic carbocycles. The van der Waals surface area contributed by atoms with Crippen molar-refractivity contribution in [3.63, 3.8) is 0 Å². The van der Waals surface area contributed by atoms with Gasteiger partial charge in [0.2, 0.25) is 11.9 Å². The predicted octanol–water partition coefficient (Wildman–Crippen LogP) is 3.97. The van der Waals surface area contributed by atoms with Gasteiger partial charge in [0.1, 0.15) is 0 Å². The average Bonchev–Trinajstić information content (AvgIpc) is 2.59. The third-order valence-corrected chi connectivity index (χ3v) is 3.39. The van der Waals surface area contributed by atoms with Crippen molar-refractivity contribution in [1.82, 2.24) is 15.2 Å². The van der Waals surface area contributed by atoms with E-state index in [0.29, 0.717) is 16.8 Å². The van der Waals surface area contributed by atoms with E-state index in [1.165, 1.54) is 13.1 Å². The quantitative estimate of drug-likeness (QED) is 0.642. The zero-order valence-corrected chi connectivity index (χ0v) is 14.1. The summed E-state index contributed by atoms with van der Waals surface area (Å²) in [6.07, 6.45) is 1.52. The van der Waals surface area contributed by atoms with Gasteiger partial charge in [-0.1, -0.05) is 11.6 Å². The van der Waals surface area contributed by atoms with Crippen LogP contribution in [0.2, 0.25) is 5.02 Å². The van der Waals surface area contributed by atoms with Gasteiger partial charge in [0.25, 0.3) is 0 Å². The smallest absolute Gasteiger partial charge is 0.249 e. The van der Waals surface area contributed by atoms with Gasteiger partial charge < -0.3 is 16.0 Å². The Morgan fingerprint density at radius 3 is 2.20 bits per heavy atom. The summed E-state index contributed by atoms with van der Waals surface area (Å²) in [7, 11) is 0. The van der Waals surface area contributed by atoms with Crippen molar-refractivity contribution < 1.29 is 4.79 Å². The Labute approximate surface area is 149 Å². The molecular weight excluding hydrogens is 340 g/mol. The first kappa shape index (κ1) is 16.7. The molecule has 0 spiro atoms. The Morgan fingerprint density at radius 1 is 0.920 bits per heavy atom. The first-order chi connectivity index (χ1) is 12.1. The second kappa shape index (κ2) is 7.59. The molecule has 0 aliphatic carbocycles. The number of nitrogens with one attached hydrogen (secondary N) is 3. The lowest BCUT2D eigenvalue weighted by Crippen LogP contribution is -2.05. The fourth-order valence-corrected chi connectivity index (χ4v) is 2.19.